The number of ether oxygens (including phenoxy) is 1. The van der Waals surface area contributed by atoms with Crippen molar-refractivity contribution in [1.29, 1.82) is 0 Å². The van der Waals surface area contributed by atoms with Crippen LogP contribution in [0.3, 0.4) is 0 Å². The molecule has 0 bridgehead atoms. The first-order valence-corrected chi connectivity index (χ1v) is 12.4. The average Bonchev–Trinajstić information content (AvgIpc) is 3.23. The number of imidazole rings is 1. The van der Waals surface area contributed by atoms with E-state index in [4.69, 9.17) is 14.0 Å². The molecular weight excluding hydrogens is 459 g/mol. The SMILES string of the molecule is CN(C(=O)c1nc2c(n1C)CCN(C(=O)OC(C)(C)C)C2)c1cccc(B2OC(C)(C)C(C)(C)O2)c1. The summed E-state index contributed by atoms with van der Waals surface area (Å²) < 4.78 is 19.7. The van der Waals surface area contributed by atoms with Gasteiger partial charge in [0, 0.05) is 38.4 Å². The van der Waals surface area contributed by atoms with Gasteiger partial charge >= 0.3 is 13.2 Å². The quantitative estimate of drug-likeness (QED) is 0.607. The fourth-order valence-corrected chi connectivity index (χ4v) is 4.33. The molecule has 0 atom stereocenters. The van der Waals surface area contributed by atoms with Gasteiger partial charge in [-0.05, 0) is 66.1 Å². The summed E-state index contributed by atoms with van der Waals surface area (Å²) in [6.07, 6.45) is 0.232. The van der Waals surface area contributed by atoms with Gasteiger partial charge in [0.05, 0.1) is 23.4 Å². The first kappa shape index (κ1) is 26.2. The van der Waals surface area contributed by atoms with Crippen LogP contribution < -0.4 is 10.4 Å². The second-order valence-electron chi connectivity index (χ2n) is 11.6. The predicted octanol–water partition coefficient (Wildman–Crippen LogP) is 3.29. The highest BCUT2D eigenvalue weighted by atomic mass is 16.7. The maximum Gasteiger partial charge on any atom is 0.494 e. The third-order valence-corrected chi connectivity index (χ3v) is 7.19. The number of hydrogen-bond acceptors (Lipinski definition) is 6. The maximum absolute atomic E-state index is 13.5. The normalized spacial score (nSPS) is 18.7. The van der Waals surface area contributed by atoms with Crippen LogP contribution in [0.1, 0.15) is 70.5 Å². The summed E-state index contributed by atoms with van der Waals surface area (Å²) in [5.41, 5.74) is 1.76. The molecular formula is C26H37BN4O5. The van der Waals surface area contributed by atoms with Crippen LogP contribution in [0.25, 0.3) is 0 Å². The summed E-state index contributed by atoms with van der Waals surface area (Å²) in [7, 11) is 3.06. The largest absolute Gasteiger partial charge is 0.494 e. The molecule has 1 fully saturated rings. The first-order chi connectivity index (χ1) is 16.6. The number of fused-ring (bicyclic) bond motifs is 1. The smallest absolute Gasteiger partial charge is 0.444 e. The number of carbonyl (C=O) groups excluding carboxylic acids is 2. The number of rotatable bonds is 3. The number of benzene rings is 1. The van der Waals surface area contributed by atoms with Gasteiger partial charge in [0.1, 0.15) is 5.60 Å². The van der Waals surface area contributed by atoms with Crippen molar-refractivity contribution in [2.75, 3.05) is 18.5 Å². The van der Waals surface area contributed by atoms with Gasteiger partial charge in [0.25, 0.3) is 5.91 Å². The van der Waals surface area contributed by atoms with E-state index in [9.17, 15) is 9.59 Å². The minimum Gasteiger partial charge on any atom is -0.444 e. The van der Waals surface area contributed by atoms with Crippen molar-refractivity contribution in [2.45, 2.75) is 78.2 Å². The summed E-state index contributed by atoms with van der Waals surface area (Å²) >= 11 is 0. The summed E-state index contributed by atoms with van der Waals surface area (Å²) in [6.45, 7) is 14.4. The van der Waals surface area contributed by atoms with Crippen molar-refractivity contribution in [3.8, 4) is 0 Å². The Hall–Kier alpha value is -2.85. The van der Waals surface area contributed by atoms with Gasteiger partial charge in [0.15, 0.2) is 5.82 Å². The molecule has 9 nitrogen and oxygen atoms in total. The van der Waals surface area contributed by atoms with Crippen molar-refractivity contribution in [2.24, 2.45) is 7.05 Å². The Morgan fingerprint density at radius 2 is 1.78 bits per heavy atom. The molecule has 194 valence electrons. The fourth-order valence-electron chi connectivity index (χ4n) is 4.33. The molecule has 0 radical (unpaired) electrons. The van der Waals surface area contributed by atoms with Crippen molar-refractivity contribution >= 4 is 30.3 Å². The zero-order valence-corrected chi connectivity index (χ0v) is 22.8. The lowest BCUT2D eigenvalue weighted by molar-refractivity contribution is 0.00578. The minimum atomic E-state index is -0.570. The van der Waals surface area contributed by atoms with Crippen LogP contribution in [0.4, 0.5) is 10.5 Å². The monoisotopic (exact) mass is 496 g/mol. The van der Waals surface area contributed by atoms with Crippen LogP contribution in [0.2, 0.25) is 0 Å². The molecule has 2 aliphatic heterocycles. The molecule has 0 N–H and O–H groups in total. The summed E-state index contributed by atoms with van der Waals surface area (Å²) in [5.74, 6) is 0.0939. The lowest BCUT2D eigenvalue weighted by Gasteiger charge is -2.32. The number of aromatic nitrogens is 2. The Morgan fingerprint density at radius 3 is 2.39 bits per heavy atom. The highest BCUT2D eigenvalue weighted by Gasteiger charge is 2.51. The van der Waals surface area contributed by atoms with E-state index in [0.717, 1.165) is 16.9 Å². The zero-order chi connectivity index (χ0) is 26.6. The zero-order valence-electron chi connectivity index (χ0n) is 22.8. The highest BCUT2D eigenvalue weighted by molar-refractivity contribution is 6.62. The van der Waals surface area contributed by atoms with E-state index in [1.807, 2.05) is 84.3 Å². The van der Waals surface area contributed by atoms with E-state index < -0.39 is 23.9 Å². The minimum absolute atomic E-state index is 0.234. The Balaban J connectivity index is 1.53. The molecule has 0 spiro atoms. The molecule has 10 heteroatoms. The number of amides is 2. The van der Waals surface area contributed by atoms with Gasteiger partial charge in [-0.3, -0.25) is 4.79 Å². The van der Waals surface area contributed by atoms with Gasteiger partial charge in [-0.1, -0.05) is 12.1 Å². The Labute approximate surface area is 213 Å². The first-order valence-electron chi connectivity index (χ1n) is 12.4. The molecule has 1 aromatic heterocycles. The molecule has 0 saturated carbocycles. The lowest BCUT2D eigenvalue weighted by atomic mass is 9.79. The van der Waals surface area contributed by atoms with Crippen LogP contribution in [0.15, 0.2) is 24.3 Å². The number of anilines is 1. The molecule has 3 heterocycles. The van der Waals surface area contributed by atoms with Crippen molar-refractivity contribution < 1.29 is 23.6 Å². The molecule has 0 aliphatic carbocycles. The van der Waals surface area contributed by atoms with Crippen LogP contribution in [-0.4, -0.2) is 64.0 Å². The Bertz CT molecular complexity index is 1170. The summed E-state index contributed by atoms with van der Waals surface area (Å²) in [6, 6.07) is 7.61. The third kappa shape index (κ3) is 4.88. The topological polar surface area (TPSA) is 86.1 Å². The maximum atomic E-state index is 13.5. The second-order valence-corrected chi connectivity index (χ2v) is 11.6. The number of nitrogens with zero attached hydrogens (tertiary/aromatic N) is 4. The third-order valence-electron chi connectivity index (χ3n) is 7.19. The van der Waals surface area contributed by atoms with E-state index in [-0.39, 0.29) is 12.0 Å². The Kier molecular flexibility index (Phi) is 6.50. The van der Waals surface area contributed by atoms with E-state index in [0.29, 0.717) is 31.0 Å². The second kappa shape index (κ2) is 8.92. The van der Waals surface area contributed by atoms with Crippen LogP contribution in [0.5, 0.6) is 0 Å². The van der Waals surface area contributed by atoms with Crippen molar-refractivity contribution in [3.63, 3.8) is 0 Å². The number of hydrogen-bond donors (Lipinski definition) is 0. The van der Waals surface area contributed by atoms with E-state index in [2.05, 4.69) is 4.98 Å². The number of carbonyl (C=O) groups is 2. The predicted molar refractivity (Wildman–Crippen MR) is 138 cm³/mol. The standard InChI is InChI=1S/C26H37BN4O5/c1-24(2,3)34-23(33)31-14-13-20-19(16-31)28-21(30(20)9)22(32)29(8)18-12-10-11-17(15-18)27-35-25(4,5)26(6,7)36-27/h10-12,15H,13-14,16H2,1-9H3. The molecule has 0 unspecified atom stereocenters. The van der Waals surface area contributed by atoms with E-state index >= 15 is 0 Å². The molecule has 2 aliphatic rings. The molecule has 4 rings (SSSR count). The summed E-state index contributed by atoms with van der Waals surface area (Å²) in [4.78, 5) is 33.9. The van der Waals surface area contributed by atoms with Gasteiger partial charge in [0.2, 0.25) is 0 Å². The van der Waals surface area contributed by atoms with Crippen molar-refractivity contribution in [3.05, 3.63) is 41.5 Å². The highest BCUT2D eigenvalue weighted by Crippen LogP contribution is 2.36. The molecule has 1 aromatic carbocycles. The molecule has 2 amide bonds. The molecule has 2 aromatic rings. The summed E-state index contributed by atoms with van der Waals surface area (Å²) in [5, 5.41) is 0. The van der Waals surface area contributed by atoms with Crippen molar-refractivity contribution in [1.82, 2.24) is 14.5 Å². The molecule has 1 saturated heterocycles. The Morgan fingerprint density at radius 1 is 1.14 bits per heavy atom. The fraction of sp³-hybridized carbons (Fsp3) is 0.577. The van der Waals surface area contributed by atoms with Crippen LogP contribution in [-0.2, 0) is 34.1 Å². The van der Waals surface area contributed by atoms with Gasteiger partial charge in [-0.15, -0.1) is 0 Å². The van der Waals surface area contributed by atoms with Gasteiger partial charge in [-0.25, -0.2) is 9.78 Å². The van der Waals surface area contributed by atoms with Gasteiger partial charge < -0.3 is 28.4 Å². The van der Waals surface area contributed by atoms with Crippen LogP contribution >= 0.6 is 0 Å². The molecule has 36 heavy (non-hydrogen) atoms. The lowest BCUT2D eigenvalue weighted by Crippen LogP contribution is -2.41. The van der Waals surface area contributed by atoms with E-state index in [1.165, 1.54) is 0 Å². The van der Waals surface area contributed by atoms with E-state index in [1.54, 1.807) is 16.8 Å². The van der Waals surface area contributed by atoms with Gasteiger partial charge in [-0.2, -0.15) is 0 Å². The average molecular weight is 496 g/mol. The van der Waals surface area contributed by atoms with Crippen LogP contribution in [0, 0.1) is 0 Å².